The Balaban J connectivity index is 2.14. The Morgan fingerprint density at radius 3 is 2.78 bits per heavy atom. The van der Waals surface area contributed by atoms with Crippen molar-refractivity contribution in [3.05, 3.63) is 48.2 Å². The van der Waals surface area contributed by atoms with Crippen LogP contribution in [-0.4, -0.2) is 11.0 Å². The van der Waals surface area contributed by atoms with Gasteiger partial charge in [0.2, 0.25) is 0 Å². The molecule has 18 heavy (non-hydrogen) atoms. The molecule has 2 heterocycles. The highest BCUT2D eigenvalue weighted by molar-refractivity contribution is 5.75. The topological polar surface area (TPSA) is 42.2 Å². The van der Waals surface area contributed by atoms with Crippen molar-refractivity contribution in [2.24, 2.45) is 0 Å². The van der Waals surface area contributed by atoms with Gasteiger partial charge in [-0.1, -0.05) is 18.2 Å². The third-order valence-electron chi connectivity index (χ3n) is 3.60. The lowest BCUT2D eigenvalue weighted by Crippen LogP contribution is -2.33. The fraction of sp³-hybridized carbons (Fsp3) is 0.267. The fourth-order valence-electron chi connectivity index (χ4n) is 2.67. The SMILES string of the molecule is CC1CCc2ccccc2N1c1cccnc1N. The predicted octanol–water partition coefficient (Wildman–Crippen LogP) is 3.14. The monoisotopic (exact) mass is 239 g/mol. The van der Waals surface area contributed by atoms with Crippen molar-refractivity contribution in [2.45, 2.75) is 25.8 Å². The zero-order chi connectivity index (χ0) is 12.5. The highest BCUT2D eigenvalue weighted by atomic mass is 15.2. The molecule has 1 atom stereocenters. The van der Waals surface area contributed by atoms with Crippen molar-refractivity contribution in [1.82, 2.24) is 4.98 Å². The van der Waals surface area contributed by atoms with E-state index in [1.54, 1.807) is 6.20 Å². The lowest BCUT2D eigenvalue weighted by Gasteiger charge is -2.37. The largest absolute Gasteiger partial charge is 0.382 e. The molecular weight excluding hydrogens is 222 g/mol. The van der Waals surface area contributed by atoms with E-state index in [0.29, 0.717) is 11.9 Å². The zero-order valence-electron chi connectivity index (χ0n) is 10.5. The van der Waals surface area contributed by atoms with Crippen LogP contribution in [0.1, 0.15) is 18.9 Å². The molecule has 1 aliphatic rings. The fourth-order valence-corrected chi connectivity index (χ4v) is 2.67. The molecule has 0 aliphatic carbocycles. The Bertz CT molecular complexity index is 565. The molecule has 3 rings (SSSR count). The molecule has 0 radical (unpaired) electrons. The van der Waals surface area contributed by atoms with Gasteiger partial charge < -0.3 is 10.6 Å². The number of aromatic nitrogens is 1. The van der Waals surface area contributed by atoms with Crippen LogP contribution < -0.4 is 10.6 Å². The van der Waals surface area contributed by atoms with Crippen molar-refractivity contribution in [3.63, 3.8) is 0 Å². The number of rotatable bonds is 1. The van der Waals surface area contributed by atoms with Crippen LogP contribution in [0.5, 0.6) is 0 Å². The second-order valence-corrected chi connectivity index (χ2v) is 4.79. The summed E-state index contributed by atoms with van der Waals surface area (Å²) in [5, 5.41) is 0. The van der Waals surface area contributed by atoms with E-state index >= 15 is 0 Å². The molecule has 2 aromatic rings. The Kier molecular flexibility index (Phi) is 2.67. The number of nitrogens with two attached hydrogens (primary N) is 1. The minimum atomic E-state index is 0.450. The van der Waals surface area contributed by atoms with Gasteiger partial charge in [0.1, 0.15) is 5.82 Å². The molecule has 1 aliphatic heterocycles. The van der Waals surface area contributed by atoms with E-state index in [0.717, 1.165) is 18.5 Å². The lowest BCUT2D eigenvalue weighted by molar-refractivity contribution is 0.618. The number of aryl methyl sites for hydroxylation is 1. The third-order valence-corrected chi connectivity index (χ3v) is 3.60. The van der Waals surface area contributed by atoms with Crippen molar-refractivity contribution >= 4 is 17.2 Å². The first kappa shape index (κ1) is 11.1. The molecule has 0 spiro atoms. The number of pyridine rings is 1. The first-order chi connectivity index (χ1) is 8.77. The minimum Gasteiger partial charge on any atom is -0.382 e. The Labute approximate surface area is 107 Å². The maximum atomic E-state index is 6.02. The van der Waals surface area contributed by atoms with E-state index in [2.05, 4.69) is 41.1 Å². The van der Waals surface area contributed by atoms with Gasteiger partial charge in [-0.15, -0.1) is 0 Å². The molecule has 3 heteroatoms. The van der Waals surface area contributed by atoms with Gasteiger partial charge in [0.05, 0.1) is 5.69 Å². The van der Waals surface area contributed by atoms with E-state index < -0.39 is 0 Å². The lowest BCUT2D eigenvalue weighted by atomic mass is 9.96. The number of nitrogen functional groups attached to an aromatic ring is 1. The predicted molar refractivity (Wildman–Crippen MR) is 75.0 cm³/mol. The molecular formula is C15H17N3. The number of anilines is 3. The molecule has 2 N–H and O–H groups in total. The first-order valence-electron chi connectivity index (χ1n) is 6.35. The van der Waals surface area contributed by atoms with Crippen molar-refractivity contribution in [1.29, 1.82) is 0 Å². The summed E-state index contributed by atoms with van der Waals surface area (Å²) in [6.45, 7) is 2.24. The number of fused-ring (bicyclic) bond motifs is 1. The van der Waals surface area contributed by atoms with Gasteiger partial charge in [0, 0.05) is 17.9 Å². The van der Waals surface area contributed by atoms with Crippen LogP contribution in [0.2, 0.25) is 0 Å². The summed E-state index contributed by atoms with van der Waals surface area (Å²) in [6, 6.07) is 13.0. The minimum absolute atomic E-state index is 0.450. The maximum absolute atomic E-state index is 6.02. The quantitative estimate of drug-likeness (QED) is 0.831. The van der Waals surface area contributed by atoms with Crippen LogP contribution in [0.3, 0.4) is 0 Å². The van der Waals surface area contributed by atoms with Gasteiger partial charge in [-0.25, -0.2) is 4.98 Å². The van der Waals surface area contributed by atoms with E-state index in [9.17, 15) is 0 Å². The van der Waals surface area contributed by atoms with Crippen molar-refractivity contribution in [3.8, 4) is 0 Å². The molecule has 1 aromatic carbocycles. The zero-order valence-corrected chi connectivity index (χ0v) is 10.5. The van der Waals surface area contributed by atoms with E-state index in [1.165, 1.54) is 11.3 Å². The summed E-state index contributed by atoms with van der Waals surface area (Å²) < 4.78 is 0. The summed E-state index contributed by atoms with van der Waals surface area (Å²) in [5.41, 5.74) is 9.68. The highest BCUT2D eigenvalue weighted by Crippen LogP contribution is 2.38. The van der Waals surface area contributed by atoms with Crippen LogP contribution in [0.15, 0.2) is 42.6 Å². The number of nitrogens with zero attached hydrogens (tertiary/aromatic N) is 2. The molecule has 0 bridgehead atoms. The van der Waals surface area contributed by atoms with Crippen LogP contribution in [0.25, 0.3) is 0 Å². The molecule has 0 saturated carbocycles. The summed E-state index contributed by atoms with van der Waals surface area (Å²) in [6.07, 6.45) is 4.01. The number of hydrogen-bond donors (Lipinski definition) is 1. The van der Waals surface area contributed by atoms with E-state index in [4.69, 9.17) is 5.73 Å². The third kappa shape index (κ3) is 1.72. The van der Waals surface area contributed by atoms with Gasteiger partial charge in [-0.2, -0.15) is 0 Å². The number of hydrogen-bond acceptors (Lipinski definition) is 3. The number of para-hydroxylation sites is 1. The summed E-state index contributed by atoms with van der Waals surface area (Å²) in [4.78, 5) is 6.50. The Hall–Kier alpha value is -2.03. The van der Waals surface area contributed by atoms with Gasteiger partial charge in [-0.3, -0.25) is 0 Å². The molecule has 0 fully saturated rings. The smallest absolute Gasteiger partial charge is 0.147 e. The molecule has 1 aromatic heterocycles. The summed E-state index contributed by atoms with van der Waals surface area (Å²) in [7, 11) is 0. The van der Waals surface area contributed by atoms with Gasteiger partial charge in [0.25, 0.3) is 0 Å². The maximum Gasteiger partial charge on any atom is 0.147 e. The van der Waals surface area contributed by atoms with Crippen LogP contribution in [0.4, 0.5) is 17.2 Å². The molecule has 0 amide bonds. The summed E-state index contributed by atoms with van der Waals surface area (Å²) in [5.74, 6) is 0.598. The molecule has 92 valence electrons. The Morgan fingerprint density at radius 1 is 1.17 bits per heavy atom. The molecule has 3 nitrogen and oxygen atoms in total. The van der Waals surface area contributed by atoms with Gasteiger partial charge in [0.15, 0.2) is 0 Å². The van der Waals surface area contributed by atoms with Crippen LogP contribution >= 0.6 is 0 Å². The van der Waals surface area contributed by atoms with E-state index in [1.807, 2.05) is 12.1 Å². The first-order valence-corrected chi connectivity index (χ1v) is 6.35. The molecule has 1 unspecified atom stereocenters. The van der Waals surface area contributed by atoms with Crippen LogP contribution in [-0.2, 0) is 6.42 Å². The highest BCUT2D eigenvalue weighted by Gasteiger charge is 2.25. The average Bonchev–Trinajstić information content (AvgIpc) is 2.40. The second kappa shape index (κ2) is 4.33. The van der Waals surface area contributed by atoms with E-state index in [-0.39, 0.29) is 0 Å². The standard InChI is InChI=1S/C15H17N3/c1-11-8-9-12-5-2-3-6-13(12)18(11)14-7-4-10-17-15(14)16/h2-7,10-11H,8-9H2,1H3,(H2,16,17). The second-order valence-electron chi connectivity index (χ2n) is 4.79. The average molecular weight is 239 g/mol. The van der Waals surface area contributed by atoms with Gasteiger partial charge >= 0.3 is 0 Å². The van der Waals surface area contributed by atoms with Gasteiger partial charge in [-0.05, 0) is 43.5 Å². The normalized spacial score (nSPS) is 18.5. The molecule has 0 saturated heterocycles. The number of benzene rings is 1. The van der Waals surface area contributed by atoms with Crippen molar-refractivity contribution in [2.75, 3.05) is 10.6 Å². The van der Waals surface area contributed by atoms with Crippen LogP contribution in [0, 0.1) is 0 Å². The Morgan fingerprint density at radius 2 is 1.94 bits per heavy atom. The van der Waals surface area contributed by atoms with Crippen molar-refractivity contribution < 1.29 is 0 Å². The summed E-state index contributed by atoms with van der Waals surface area (Å²) >= 11 is 0.